The van der Waals surface area contributed by atoms with Crippen LogP contribution >= 0.6 is 0 Å². The highest BCUT2D eigenvalue weighted by Crippen LogP contribution is 2.30. The van der Waals surface area contributed by atoms with Crippen LogP contribution in [-0.2, 0) is 4.79 Å². The molecule has 0 saturated carbocycles. The fraction of sp³-hybridized carbons (Fsp3) is 0.538. The van der Waals surface area contributed by atoms with Gasteiger partial charge in [-0.2, -0.15) is 0 Å². The zero-order valence-electron chi connectivity index (χ0n) is 10.4. The highest BCUT2D eigenvalue weighted by atomic mass is 16.2. The molecule has 92 valence electrons. The van der Waals surface area contributed by atoms with Crippen LogP contribution in [0.3, 0.4) is 0 Å². The van der Waals surface area contributed by atoms with Gasteiger partial charge in [-0.25, -0.2) is 4.98 Å². The summed E-state index contributed by atoms with van der Waals surface area (Å²) in [4.78, 5) is 16.5. The lowest BCUT2D eigenvalue weighted by molar-refractivity contribution is -0.124. The topological polar surface area (TPSA) is 54.0 Å². The van der Waals surface area contributed by atoms with Gasteiger partial charge in [0.05, 0.1) is 5.41 Å². The fourth-order valence-corrected chi connectivity index (χ4v) is 2.26. The standard InChI is InChI=1S/C13H19N3O/c1-3-13(6-8-14-9-13)12(17)16-11-10(2)5-4-7-15-11/h4-5,7,14H,3,6,8-9H2,1-2H3,(H,15,16,17). The molecule has 4 heteroatoms. The van der Waals surface area contributed by atoms with Crippen molar-refractivity contribution in [3.8, 4) is 0 Å². The summed E-state index contributed by atoms with van der Waals surface area (Å²) in [6.45, 7) is 5.70. The molecule has 1 aromatic rings. The van der Waals surface area contributed by atoms with E-state index in [-0.39, 0.29) is 11.3 Å². The summed E-state index contributed by atoms with van der Waals surface area (Å²) in [5.74, 6) is 0.768. The van der Waals surface area contributed by atoms with E-state index in [1.807, 2.05) is 19.1 Å². The number of pyridine rings is 1. The molecule has 1 aliphatic rings. The monoisotopic (exact) mass is 233 g/mol. The van der Waals surface area contributed by atoms with E-state index < -0.39 is 0 Å². The average molecular weight is 233 g/mol. The normalized spacial score (nSPS) is 23.6. The van der Waals surface area contributed by atoms with E-state index >= 15 is 0 Å². The van der Waals surface area contributed by atoms with Crippen LogP contribution in [0.15, 0.2) is 18.3 Å². The molecule has 1 unspecified atom stereocenters. The Bertz CT molecular complexity index is 411. The molecule has 0 aliphatic carbocycles. The van der Waals surface area contributed by atoms with Crippen molar-refractivity contribution in [1.29, 1.82) is 0 Å². The van der Waals surface area contributed by atoms with Crippen molar-refractivity contribution in [2.75, 3.05) is 18.4 Å². The Kier molecular flexibility index (Phi) is 3.43. The number of nitrogens with one attached hydrogen (secondary N) is 2. The molecule has 0 bridgehead atoms. The zero-order chi connectivity index (χ0) is 12.3. The minimum atomic E-state index is -0.260. The maximum Gasteiger partial charge on any atom is 0.233 e. The first kappa shape index (κ1) is 12.0. The van der Waals surface area contributed by atoms with Gasteiger partial charge in [0.25, 0.3) is 0 Å². The molecule has 1 amide bonds. The molecule has 2 heterocycles. The number of carbonyl (C=O) groups is 1. The van der Waals surface area contributed by atoms with Crippen molar-refractivity contribution in [2.24, 2.45) is 5.41 Å². The summed E-state index contributed by atoms with van der Waals surface area (Å²) in [5, 5.41) is 6.22. The minimum Gasteiger partial charge on any atom is -0.316 e. The van der Waals surface area contributed by atoms with Gasteiger partial charge in [-0.1, -0.05) is 13.0 Å². The third kappa shape index (κ3) is 2.31. The molecule has 0 radical (unpaired) electrons. The summed E-state index contributed by atoms with van der Waals surface area (Å²) >= 11 is 0. The number of carbonyl (C=O) groups excluding carboxylic acids is 1. The number of rotatable bonds is 3. The number of aryl methyl sites for hydroxylation is 1. The van der Waals surface area contributed by atoms with Crippen LogP contribution in [-0.4, -0.2) is 24.0 Å². The summed E-state index contributed by atoms with van der Waals surface area (Å²) in [5.41, 5.74) is 0.738. The van der Waals surface area contributed by atoms with Gasteiger partial charge in [-0.15, -0.1) is 0 Å². The number of amides is 1. The maximum absolute atomic E-state index is 12.3. The van der Waals surface area contributed by atoms with Crippen molar-refractivity contribution in [1.82, 2.24) is 10.3 Å². The Morgan fingerprint density at radius 2 is 2.47 bits per heavy atom. The molecule has 17 heavy (non-hydrogen) atoms. The van der Waals surface area contributed by atoms with Gasteiger partial charge in [-0.05, 0) is 37.9 Å². The van der Waals surface area contributed by atoms with Gasteiger partial charge in [0.2, 0.25) is 5.91 Å². The molecule has 1 aromatic heterocycles. The summed E-state index contributed by atoms with van der Waals surface area (Å²) in [6, 6.07) is 3.83. The SMILES string of the molecule is CCC1(C(=O)Nc2ncccc2C)CCNC1. The molecule has 1 atom stereocenters. The Morgan fingerprint density at radius 1 is 1.65 bits per heavy atom. The molecular formula is C13H19N3O. The van der Waals surface area contributed by atoms with Gasteiger partial charge in [-0.3, -0.25) is 4.79 Å². The van der Waals surface area contributed by atoms with E-state index in [1.54, 1.807) is 6.20 Å². The zero-order valence-corrected chi connectivity index (χ0v) is 10.4. The van der Waals surface area contributed by atoms with Crippen molar-refractivity contribution in [3.63, 3.8) is 0 Å². The lowest BCUT2D eigenvalue weighted by Gasteiger charge is -2.25. The van der Waals surface area contributed by atoms with Gasteiger partial charge in [0.15, 0.2) is 0 Å². The highest BCUT2D eigenvalue weighted by molar-refractivity contribution is 5.95. The van der Waals surface area contributed by atoms with Crippen LogP contribution in [0.4, 0.5) is 5.82 Å². The van der Waals surface area contributed by atoms with Crippen molar-refractivity contribution in [2.45, 2.75) is 26.7 Å². The minimum absolute atomic E-state index is 0.0896. The van der Waals surface area contributed by atoms with Crippen molar-refractivity contribution >= 4 is 11.7 Å². The molecular weight excluding hydrogens is 214 g/mol. The van der Waals surface area contributed by atoms with Crippen LogP contribution in [0.5, 0.6) is 0 Å². The van der Waals surface area contributed by atoms with E-state index in [9.17, 15) is 4.79 Å². The average Bonchev–Trinajstić information content (AvgIpc) is 2.82. The summed E-state index contributed by atoms with van der Waals surface area (Å²) in [6.07, 6.45) is 3.47. The molecule has 1 aliphatic heterocycles. The Balaban J connectivity index is 2.14. The number of hydrogen-bond donors (Lipinski definition) is 2. The maximum atomic E-state index is 12.3. The second kappa shape index (κ2) is 4.84. The van der Waals surface area contributed by atoms with Crippen LogP contribution in [0.2, 0.25) is 0 Å². The van der Waals surface area contributed by atoms with E-state index in [0.717, 1.165) is 31.5 Å². The number of nitrogens with zero attached hydrogens (tertiary/aromatic N) is 1. The number of anilines is 1. The first-order valence-electron chi connectivity index (χ1n) is 6.12. The molecule has 0 spiro atoms. The predicted molar refractivity (Wildman–Crippen MR) is 67.8 cm³/mol. The Morgan fingerprint density at radius 3 is 3.06 bits per heavy atom. The highest BCUT2D eigenvalue weighted by Gasteiger charge is 2.39. The van der Waals surface area contributed by atoms with Gasteiger partial charge in [0.1, 0.15) is 5.82 Å². The molecule has 2 N–H and O–H groups in total. The number of hydrogen-bond acceptors (Lipinski definition) is 3. The Hall–Kier alpha value is -1.42. The lowest BCUT2D eigenvalue weighted by atomic mass is 9.83. The second-order valence-corrected chi connectivity index (χ2v) is 4.68. The largest absolute Gasteiger partial charge is 0.316 e. The molecule has 1 fully saturated rings. The van der Waals surface area contributed by atoms with Crippen LogP contribution in [0, 0.1) is 12.3 Å². The van der Waals surface area contributed by atoms with E-state index in [0.29, 0.717) is 5.82 Å². The van der Waals surface area contributed by atoms with Crippen LogP contribution < -0.4 is 10.6 Å². The Labute approximate surface area is 102 Å². The molecule has 4 nitrogen and oxygen atoms in total. The number of aromatic nitrogens is 1. The third-order valence-electron chi connectivity index (χ3n) is 3.64. The van der Waals surface area contributed by atoms with Crippen molar-refractivity contribution in [3.05, 3.63) is 23.9 Å². The quantitative estimate of drug-likeness (QED) is 0.835. The fourth-order valence-electron chi connectivity index (χ4n) is 2.26. The van der Waals surface area contributed by atoms with E-state index in [1.165, 1.54) is 0 Å². The first-order chi connectivity index (χ1) is 8.18. The van der Waals surface area contributed by atoms with Gasteiger partial charge >= 0.3 is 0 Å². The molecule has 0 aromatic carbocycles. The van der Waals surface area contributed by atoms with E-state index in [4.69, 9.17) is 0 Å². The van der Waals surface area contributed by atoms with Crippen LogP contribution in [0.1, 0.15) is 25.3 Å². The first-order valence-corrected chi connectivity index (χ1v) is 6.12. The molecule has 2 rings (SSSR count). The predicted octanol–water partition coefficient (Wildman–Crippen LogP) is 1.72. The second-order valence-electron chi connectivity index (χ2n) is 4.68. The lowest BCUT2D eigenvalue weighted by Crippen LogP contribution is -2.37. The van der Waals surface area contributed by atoms with Crippen LogP contribution in [0.25, 0.3) is 0 Å². The third-order valence-corrected chi connectivity index (χ3v) is 3.64. The van der Waals surface area contributed by atoms with E-state index in [2.05, 4.69) is 22.5 Å². The summed E-state index contributed by atoms with van der Waals surface area (Å²) < 4.78 is 0. The summed E-state index contributed by atoms with van der Waals surface area (Å²) in [7, 11) is 0. The van der Waals surface area contributed by atoms with Crippen molar-refractivity contribution < 1.29 is 4.79 Å². The molecule has 1 saturated heterocycles. The van der Waals surface area contributed by atoms with Gasteiger partial charge in [0, 0.05) is 12.7 Å². The smallest absolute Gasteiger partial charge is 0.233 e. The van der Waals surface area contributed by atoms with Gasteiger partial charge < -0.3 is 10.6 Å².